The van der Waals surface area contributed by atoms with E-state index in [2.05, 4.69) is 15.4 Å². The summed E-state index contributed by atoms with van der Waals surface area (Å²) in [5.74, 6) is -2.06. The Bertz CT molecular complexity index is 1030. The lowest BCUT2D eigenvalue weighted by Gasteiger charge is -2.12. The molecule has 5 nitrogen and oxygen atoms in total. The molecule has 28 heavy (non-hydrogen) atoms. The van der Waals surface area contributed by atoms with Gasteiger partial charge in [-0.15, -0.1) is 0 Å². The number of hydrogen-bond acceptors (Lipinski definition) is 3. The monoisotopic (exact) mass is 396 g/mol. The van der Waals surface area contributed by atoms with Gasteiger partial charge in [-0.05, 0) is 37.3 Å². The van der Waals surface area contributed by atoms with Crippen LogP contribution in [0.4, 0.5) is 27.8 Å². The van der Waals surface area contributed by atoms with Crippen LogP contribution in [0.1, 0.15) is 27.3 Å². The Morgan fingerprint density at radius 3 is 2.64 bits per heavy atom. The normalized spacial score (nSPS) is 11.5. The van der Waals surface area contributed by atoms with Crippen LogP contribution in [0.5, 0.6) is 0 Å². The van der Waals surface area contributed by atoms with E-state index in [0.717, 1.165) is 36.4 Å². The first-order valence-corrected chi connectivity index (χ1v) is 7.97. The average molecular weight is 396 g/mol. The molecule has 0 saturated carbocycles. The molecule has 1 N–H and O–H groups in total. The Balaban J connectivity index is 1.86. The second-order valence-electron chi connectivity index (χ2n) is 5.93. The number of benzene rings is 1. The van der Waals surface area contributed by atoms with Crippen LogP contribution in [0.25, 0.3) is 0 Å². The fourth-order valence-corrected chi connectivity index (χ4v) is 2.48. The number of nitrogens with one attached hydrogen (secondary N) is 1. The molecule has 2 heterocycles. The number of anilines is 1. The minimum absolute atomic E-state index is 0.00390. The van der Waals surface area contributed by atoms with Gasteiger partial charge in [0, 0.05) is 11.1 Å². The second kappa shape index (κ2) is 7.37. The van der Waals surface area contributed by atoms with E-state index in [-0.39, 0.29) is 17.9 Å². The SMILES string of the molecule is Cc1cnn(Cc2cc(F)ccc2F)c1NC(=O)c1cccc(C(F)(F)F)n1. The second-order valence-corrected chi connectivity index (χ2v) is 5.93. The van der Waals surface area contributed by atoms with Crippen LogP contribution in [0.3, 0.4) is 0 Å². The summed E-state index contributed by atoms with van der Waals surface area (Å²) < 4.78 is 66.8. The third-order valence-corrected chi connectivity index (χ3v) is 3.85. The van der Waals surface area contributed by atoms with Crippen LogP contribution < -0.4 is 5.32 Å². The van der Waals surface area contributed by atoms with Gasteiger partial charge >= 0.3 is 6.18 Å². The number of aryl methyl sites for hydroxylation is 1. The maximum absolute atomic E-state index is 13.9. The van der Waals surface area contributed by atoms with Crippen LogP contribution in [-0.4, -0.2) is 20.7 Å². The molecular formula is C18H13F5N4O. The quantitative estimate of drug-likeness (QED) is 0.673. The molecule has 3 rings (SSSR count). The smallest absolute Gasteiger partial charge is 0.305 e. The minimum atomic E-state index is -4.69. The average Bonchev–Trinajstić information content (AvgIpc) is 2.97. The van der Waals surface area contributed by atoms with Crippen molar-refractivity contribution in [1.82, 2.24) is 14.8 Å². The topological polar surface area (TPSA) is 59.8 Å². The predicted molar refractivity (Wildman–Crippen MR) is 89.6 cm³/mol. The molecule has 0 radical (unpaired) electrons. The number of carbonyl (C=O) groups is 1. The van der Waals surface area contributed by atoms with Gasteiger partial charge in [0.2, 0.25) is 0 Å². The van der Waals surface area contributed by atoms with Crippen LogP contribution >= 0.6 is 0 Å². The number of halogens is 5. The molecule has 1 aromatic carbocycles. The Morgan fingerprint density at radius 1 is 1.18 bits per heavy atom. The summed E-state index contributed by atoms with van der Waals surface area (Å²) in [5.41, 5.74) is -1.17. The summed E-state index contributed by atoms with van der Waals surface area (Å²) in [4.78, 5) is 15.7. The van der Waals surface area contributed by atoms with Crippen LogP contribution in [0, 0.1) is 18.6 Å². The zero-order valence-electron chi connectivity index (χ0n) is 14.4. The lowest BCUT2D eigenvalue weighted by Crippen LogP contribution is -2.20. The lowest BCUT2D eigenvalue weighted by molar-refractivity contribution is -0.141. The molecule has 0 aliphatic rings. The lowest BCUT2D eigenvalue weighted by atomic mass is 10.2. The number of alkyl halides is 3. The Hall–Kier alpha value is -3.30. The van der Waals surface area contributed by atoms with Gasteiger partial charge in [0.1, 0.15) is 28.8 Å². The highest BCUT2D eigenvalue weighted by Gasteiger charge is 2.33. The van der Waals surface area contributed by atoms with E-state index in [4.69, 9.17) is 0 Å². The first kappa shape index (κ1) is 19.5. The third-order valence-electron chi connectivity index (χ3n) is 3.85. The van der Waals surface area contributed by atoms with E-state index in [9.17, 15) is 26.7 Å². The van der Waals surface area contributed by atoms with Gasteiger partial charge in [-0.2, -0.15) is 18.3 Å². The highest BCUT2D eigenvalue weighted by atomic mass is 19.4. The van der Waals surface area contributed by atoms with E-state index in [1.165, 1.54) is 10.9 Å². The molecule has 2 aromatic heterocycles. The number of carbonyl (C=O) groups excluding carboxylic acids is 1. The summed E-state index contributed by atoms with van der Waals surface area (Å²) in [6.45, 7) is 1.41. The predicted octanol–water partition coefficient (Wildman–Crippen LogP) is 4.18. The summed E-state index contributed by atoms with van der Waals surface area (Å²) >= 11 is 0. The van der Waals surface area contributed by atoms with E-state index in [0.29, 0.717) is 5.56 Å². The largest absolute Gasteiger partial charge is 0.433 e. The summed E-state index contributed by atoms with van der Waals surface area (Å²) in [6, 6.07) is 5.87. The van der Waals surface area contributed by atoms with Crippen molar-refractivity contribution < 1.29 is 26.7 Å². The molecule has 0 aliphatic carbocycles. The molecular weight excluding hydrogens is 383 g/mol. The Labute approximate surface area is 155 Å². The Kier molecular flexibility index (Phi) is 5.12. The molecule has 3 aromatic rings. The minimum Gasteiger partial charge on any atom is -0.305 e. The highest BCUT2D eigenvalue weighted by molar-refractivity contribution is 6.02. The summed E-state index contributed by atoms with van der Waals surface area (Å²) in [6.07, 6.45) is -3.31. The molecule has 0 fully saturated rings. The number of rotatable bonds is 4. The maximum Gasteiger partial charge on any atom is 0.433 e. The molecule has 146 valence electrons. The molecule has 0 atom stereocenters. The molecule has 0 unspecified atom stereocenters. The zero-order chi connectivity index (χ0) is 20.5. The van der Waals surface area contributed by atoms with Crippen molar-refractivity contribution in [1.29, 1.82) is 0 Å². The summed E-state index contributed by atoms with van der Waals surface area (Å²) in [7, 11) is 0. The first-order chi connectivity index (χ1) is 13.1. The molecule has 0 spiro atoms. The fraction of sp³-hybridized carbons (Fsp3) is 0.167. The van der Waals surface area contributed by atoms with Gasteiger partial charge in [0.25, 0.3) is 5.91 Å². The van der Waals surface area contributed by atoms with Gasteiger partial charge in [-0.25, -0.2) is 18.4 Å². The van der Waals surface area contributed by atoms with Crippen molar-refractivity contribution in [2.75, 3.05) is 5.32 Å². The van der Waals surface area contributed by atoms with Crippen molar-refractivity contribution in [3.63, 3.8) is 0 Å². The zero-order valence-corrected chi connectivity index (χ0v) is 14.4. The summed E-state index contributed by atoms with van der Waals surface area (Å²) in [5, 5.41) is 6.42. The fourth-order valence-electron chi connectivity index (χ4n) is 2.48. The maximum atomic E-state index is 13.9. The van der Waals surface area contributed by atoms with Crippen molar-refractivity contribution in [2.45, 2.75) is 19.6 Å². The van der Waals surface area contributed by atoms with Gasteiger partial charge in [0.15, 0.2) is 0 Å². The van der Waals surface area contributed by atoms with E-state index in [1.807, 2.05) is 0 Å². The Morgan fingerprint density at radius 2 is 1.93 bits per heavy atom. The van der Waals surface area contributed by atoms with Crippen molar-refractivity contribution in [2.24, 2.45) is 0 Å². The van der Waals surface area contributed by atoms with Gasteiger partial charge < -0.3 is 5.32 Å². The van der Waals surface area contributed by atoms with Gasteiger partial charge in [-0.3, -0.25) is 4.79 Å². The standard InChI is InChI=1S/C18H13F5N4O/c1-10-8-24-27(9-11-7-12(19)5-6-13(11)20)16(10)26-17(28)14-3-2-4-15(25-14)18(21,22)23/h2-8H,9H2,1H3,(H,26,28). The van der Waals surface area contributed by atoms with Crippen molar-refractivity contribution in [3.8, 4) is 0 Å². The molecule has 0 saturated heterocycles. The number of aromatic nitrogens is 3. The van der Waals surface area contributed by atoms with Crippen LogP contribution in [-0.2, 0) is 12.7 Å². The molecule has 0 aliphatic heterocycles. The van der Waals surface area contributed by atoms with Crippen molar-refractivity contribution in [3.05, 3.63) is 76.7 Å². The van der Waals surface area contributed by atoms with Gasteiger partial charge in [0.05, 0.1) is 12.7 Å². The third kappa shape index (κ3) is 4.16. The number of hydrogen-bond donors (Lipinski definition) is 1. The van der Waals surface area contributed by atoms with Gasteiger partial charge in [-0.1, -0.05) is 6.07 Å². The molecule has 10 heteroatoms. The number of nitrogens with zero attached hydrogens (tertiary/aromatic N) is 3. The van der Waals surface area contributed by atoms with Crippen molar-refractivity contribution >= 4 is 11.7 Å². The van der Waals surface area contributed by atoms with E-state index in [1.54, 1.807) is 6.92 Å². The van der Waals surface area contributed by atoms with E-state index >= 15 is 0 Å². The van der Waals surface area contributed by atoms with Crippen LogP contribution in [0.2, 0.25) is 0 Å². The number of amides is 1. The molecule has 0 bridgehead atoms. The number of pyridine rings is 1. The van der Waals surface area contributed by atoms with Crippen LogP contribution in [0.15, 0.2) is 42.6 Å². The first-order valence-electron chi connectivity index (χ1n) is 7.97. The molecule has 1 amide bonds. The highest BCUT2D eigenvalue weighted by Crippen LogP contribution is 2.27. The van der Waals surface area contributed by atoms with E-state index < -0.39 is 35.1 Å².